The molecule has 4 nitrogen and oxygen atoms in total. The lowest BCUT2D eigenvalue weighted by atomic mass is 9.99. The van der Waals surface area contributed by atoms with Crippen molar-refractivity contribution in [2.45, 2.75) is 33.3 Å². The maximum atomic E-state index is 12.1. The predicted octanol–water partition coefficient (Wildman–Crippen LogP) is 3.62. The number of ether oxygens (including phenoxy) is 2. The Hall–Kier alpha value is -2.10. The molecule has 2 unspecified atom stereocenters. The summed E-state index contributed by atoms with van der Waals surface area (Å²) in [5, 5.41) is 0. The lowest BCUT2D eigenvalue weighted by Crippen LogP contribution is -2.32. The summed E-state index contributed by atoms with van der Waals surface area (Å²) in [4.78, 5) is 24.2. The summed E-state index contributed by atoms with van der Waals surface area (Å²) in [6.07, 6.45) is 1.46. The lowest BCUT2D eigenvalue weighted by Gasteiger charge is -2.22. The zero-order valence-corrected chi connectivity index (χ0v) is 13.5. The van der Waals surface area contributed by atoms with Crippen LogP contribution in [0, 0.1) is 11.8 Å². The molecule has 1 aromatic rings. The summed E-state index contributed by atoms with van der Waals surface area (Å²) in [6, 6.07) is 8.70. The van der Waals surface area contributed by atoms with E-state index in [-0.39, 0.29) is 11.9 Å². The summed E-state index contributed by atoms with van der Waals surface area (Å²) >= 11 is 0. The molecule has 0 fully saturated rings. The van der Waals surface area contributed by atoms with Gasteiger partial charge in [0, 0.05) is 0 Å². The highest BCUT2D eigenvalue weighted by Crippen LogP contribution is 2.17. The highest BCUT2D eigenvalue weighted by Gasteiger charge is 2.28. The van der Waals surface area contributed by atoms with Crippen molar-refractivity contribution in [3.8, 4) is 0 Å². The van der Waals surface area contributed by atoms with Crippen LogP contribution in [0.4, 0.5) is 0 Å². The molecule has 0 aliphatic carbocycles. The van der Waals surface area contributed by atoms with Crippen LogP contribution in [0.5, 0.6) is 0 Å². The summed E-state index contributed by atoms with van der Waals surface area (Å²) in [6.45, 7) is 9.64. The van der Waals surface area contributed by atoms with Crippen LogP contribution >= 0.6 is 0 Å². The van der Waals surface area contributed by atoms with Crippen molar-refractivity contribution in [2.24, 2.45) is 11.8 Å². The van der Waals surface area contributed by atoms with E-state index in [1.165, 1.54) is 0 Å². The van der Waals surface area contributed by atoms with Gasteiger partial charge in [-0.25, -0.2) is 4.79 Å². The Morgan fingerprint density at radius 2 is 1.82 bits per heavy atom. The molecule has 1 aromatic carbocycles. The minimum Gasteiger partial charge on any atom is -0.465 e. The van der Waals surface area contributed by atoms with Crippen molar-refractivity contribution in [1.29, 1.82) is 0 Å². The van der Waals surface area contributed by atoms with E-state index in [9.17, 15) is 9.59 Å². The van der Waals surface area contributed by atoms with Crippen molar-refractivity contribution in [1.82, 2.24) is 0 Å². The molecule has 0 bridgehead atoms. The molecule has 0 aliphatic heterocycles. The number of allylic oxidation sites excluding steroid dienone is 1. The highest BCUT2D eigenvalue weighted by atomic mass is 16.6. The van der Waals surface area contributed by atoms with Gasteiger partial charge < -0.3 is 9.47 Å². The van der Waals surface area contributed by atoms with Crippen LogP contribution in [-0.2, 0) is 14.3 Å². The summed E-state index contributed by atoms with van der Waals surface area (Å²) < 4.78 is 10.6. The smallest absolute Gasteiger partial charge is 0.338 e. The quantitative estimate of drug-likeness (QED) is 0.543. The number of hydrogen-bond acceptors (Lipinski definition) is 4. The normalized spacial score (nSPS) is 13.3. The van der Waals surface area contributed by atoms with E-state index in [0.717, 1.165) is 0 Å². The van der Waals surface area contributed by atoms with Gasteiger partial charge in [0.05, 0.1) is 18.1 Å². The van der Waals surface area contributed by atoms with Crippen molar-refractivity contribution >= 4 is 11.9 Å². The minimum absolute atomic E-state index is 0.260. The average Bonchev–Trinajstić information content (AvgIpc) is 2.50. The first kappa shape index (κ1) is 18.0. The molecule has 0 saturated heterocycles. The van der Waals surface area contributed by atoms with Crippen LogP contribution in [0.25, 0.3) is 0 Å². The van der Waals surface area contributed by atoms with Crippen molar-refractivity contribution in [2.75, 3.05) is 6.61 Å². The molecule has 2 atom stereocenters. The predicted molar refractivity (Wildman–Crippen MR) is 85.4 cm³/mol. The second-order valence-corrected chi connectivity index (χ2v) is 5.63. The fraction of sp³-hybridized carbons (Fsp3) is 0.444. The lowest BCUT2D eigenvalue weighted by molar-refractivity contribution is -0.153. The third-order valence-electron chi connectivity index (χ3n) is 3.15. The van der Waals surface area contributed by atoms with Gasteiger partial charge >= 0.3 is 11.9 Å². The first-order chi connectivity index (χ1) is 10.5. The van der Waals surface area contributed by atoms with Gasteiger partial charge in [-0.1, -0.05) is 38.1 Å². The van der Waals surface area contributed by atoms with Gasteiger partial charge in [-0.15, -0.1) is 6.58 Å². The number of carbonyl (C=O) groups excluding carboxylic acids is 2. The van der Waals surface area contributed by atoms with Crippen LogP contribution in [0.2, 0.25) is 0 Å². The molecule has 0 N–H and O–H groups in total. The molecule has 0 heterocycles. The molecule has 0 radical (unpaired) electrons. The van der Waals surface area contributed by atoms with Crippen molar-refractivity contribution < 1.29 is 19.1 Å². The Kier molecular flexibility index (Phi) is 7.37. The van der Waals surface area contributed by atoms with Gasteiger partial charge in [0.15, 0.2) is 0 Å². The summed E-state index contributed by atoms with van der Waals surface area (Å²) in [5.41, 5.74) is 0.460. The third-order valence-corrected chi connectivity index (χ3v) is 3.15. The van der Waals surface area contributed by atoms with Crippen LogP contribution in [0.1, 0.15) is 37.6 Å². The second-order valence-electron chi connectivity index (χ2n) is 5.63. The fourth-order valence-corrected chi connectivity index (χ4v) is 1.91. The Balaban J connectivity index is 2.68. The molecule has 0 amide bonds. The van der Waals surface area contributed by atoms with Gasteiger partial charge in [0.25, 0.3) is 0 Å². The molecule has 0 spiro atoms. The third kappa shape index (κ3) is 5.72. The van der Waals surface area contributed by atoms with E-state index in [2.05, 4.69) is 6.58 Å². The highest BCUT2D eigenvalue weighted by molar-refractivity contribution is 5.89. The molecule has 0 aromatic heterocycles. The molecule has 0 saturated carbocycles. The number of rotatable bonds is 8. The number of esters is 2. The molecule has 22 heavy (non-hydrogen) atoms. The Morgan fingerprint density at radius 1 is 1.18 bits per heavy atom. The van der Waals surface area contributed by atoms with E-state index in [1.807, 2.05) is 19.9 Å². The van der Waals surface area contributed by atoms with E-state index in [4.69, 9.17) is 9.47 Å². The van der Waals surface area contributed by atoms with Gasteiger partial charge in [0.2, 0.25) is 0 Å². The number of benzene rings is 1. The van der Waals surface area contributed by atoms with Crippen molar-refractivity contribution in [3.63, 3.8) is 0 Å². The topological polar surface area (TPSA) is 52.6 Å². The van der Waals surface area contributed by atoms with E-state index < -0.39 is 18.0 Å². The Labute approximate surface area is 132 Å². The molecule has 4 heteroatoms. The molecule has 1 rings (SSSR count). The molecule has 120 valence electrons. The summed E-state index contributed by atoms with van der Waals surface area (Å²) in [5.74, 6) is -1.08. The first-order valence-corrected chi connectivity index (χ1v) is 7.49. The number of hydrogen-bond donors (Lipinski definition) is 0. The summed E-state index contributed by atoms with van der Waals surface area (Å²) in [7, 11) is 0. The largest absolute Gasteiger partial charge is 0.465 e. The minimum atomic E-state index is -0.578. The average molecular weight is 304 g/mol. The monoisotopic (exact) mass is 304 g/mol. The standard InChI is InChI=1S/C18H24O4/c1-5-9-16(18(20)21-12-13(2)3)14(4)22-17(19)15-10-7-6-8-11-15/h5-8,10-11,13-14,16H,1,9,12H2,2-4H3. The Morgan fingerprint density at radius 3 is 2.36 bits per heavy atom. The zero-order chi connectivity index (χ0) is 16.5. The molecule has 0 aliphatic rings. The van der Waals surface area contributed by atoms with Gasteiger partial charge in [0.1, 0.15) is 6.10 Å². The first-order valence-electron chi connectivity index (χ1n) is 7.49. The SMILES string of the molecule is C=CCC(C(=O)OCC(C)C)C(C)OC(=O)c1ccccc1. The van der Waals surface area contributed by atoms with Gasteiger partial charge in [-0.05, 0) is 31.4 Å². The molecular formula is C18H24O4. The van der Waals surface area contributed by atoms with Crippen LogP contribution in [0.15, 0.2) is 43.0 Å². The van der Waals surface area contributed by atoms with E-state index >= 15 is 0 Å². The second kappa shape index (κ2) is 9.03. The van der Waals surface area contributed by atoms with Crippen molar-refractivity contribution in [3.05, 3.63) is 48.6 Å². The maximum absolute atomic E-state index is 12.1. The Bertz CT molecular complexity index is 493. The molecular weight excluding hydrogens is 280 g/mol. The van der Waals surface area contributed by atoms with Gasteiger partial charge in [-0.2, -0.15) is 0 Å². The van der Waals surface area contributed by atoms with Crippen LogP contribution < -0.4 is 0 Å². The van der Waals surface area contributed by atoms with Crippen LogP contribution in [-0.4, -0.2) is 24.6 Å². The maximum Gasteiger partial charge on any atom is 0.338 e. The van der Waals surface area contributed by atoms with Crippen LogP contribution in [0.3, 0.4) is 0 Å². The zero-order valence-electron chi connectivity index (χ0n) is 13.5. The fourth-order valence-electron chi connectivity index (χ4n) is 1.91. The van der Waals surface area contributed by atoms with Gasteiger partial charge in [-0.3, -0.25) is 4.79 Å². The van der Waals surface area contributed by atoms with E-state index in [1.54, 1.807) is 37.3 Å². The number of carbonyl (C=O) groups is 2. The van der Waals surface area contributed by atoms with E-state index in [0.29, 0.717) is 18.6 Å².